The number of thioether (sulfide) groups is 1. The molecule has 0 saturated carbocycles. The second kappa shape index (κ2) is 8.32. The number of amides is 1. The van der Waals surface area contributed by atoms with Crippen LogP contribution < -0.4 is 5.32 Å². The summed E-state index contributed by atoms with van der Waals surface area (Å²) in [4.78, 5) is 19.8. The predicted octanol–water partition coefficient (Wildman–Crippen LogP) is 4.08. The van der Waals surface area contributed by atoms with Crippen molar-refractivity contribution in [2.24, 2.45) is 0 Å². The van der Waals surface area contributed by atoms with E-state index in [1.807, 2.05) is 6.92 Å². The van der Waals surface area contributed by atoms with E-state index in [2.05, 4.69) is 20.4 Å². The molecular formula is C15H17F3N4O2S. The number of nitrogens with one attached hydrogen (secondary N) is 1. The van der Waals surface area contributed by atoms with Crippen LogP contribution in [-0.4, -0.2) is 26.3 Å². The van der Waals surface area contributed by atoms with Crippen LogP contribution in [0.25, 0.3) is 0 Å². The summed E-state index contributed by atoms with van der Waals surface area (Å²) in [6.45, 7) is 3.64. The van der Waals surface area contributed by atoms with E-state index in [-0.39, 0.29) is 16.9 Å². The highest BCUT2D eigenvalue weighted by molar-refractivity contribution is 8.00. The van der Waals surface area contributed by atoms with Gasteiger partial charge in [0.25, 0.3) is 0 Å². The molecule has 0 radical (unpaired) electrons. The Kier molecular flexibility index (Phi) is 6.40. The molecule has 10 heteroatoms. The standard InChI is InChI=1S/C15H17F3N4O2S/c1-3-4-5-10(13(23)21-12-8-9(2)24-22-12)25-14-19-7-6-11(20-14)15(16,17)18/h6-8,10H,3-5H2,1-2H3,(H,21,22,23). The zero-order valence-electron chi connectivity index (χ0n) is 13.6. The maximum Gasteiger partial charge on any atom is 0.433 e. The zero-order valence-corrected chi connectivity index (χ0v) is 14.4. The summed E-state index contributed by atoms with van der Waals surface area (Å²) in [7, 11) is 0. The van der Waals surface area contributed by atoms with Gasteiger partial charge in [0.1, 0.15) is 11.5 Å². The van der Waals surface area contributed by atoms with E-state index in [0.29, 0.717) is 12.2 Å². The number of hydrogen-bond donors (Lipinski definition) is 1. The molecule has 0 bridgehead atoms. The molecule has 25 heavy (non-hydrogen) atoms. The van der Waals surface area contributed by atoms with Crippen molar-refractivity contribution in [3.63, 3.8) is 0 Å². The molecule has 136 valence electrons. The smallest absolute Gasteiger partial charge is 0.360 e. The maximum atomic E-state index is 12.8. The van der Waals surface area contributed by atoms with Crippen LogP contribution in [0.2, 0.25) is 0 Å². The molecule has 0 spiro atoms. The van der Waals surface area contributed by atoms with Crippen LogP contribution >= 0.6 is 11.8 Å². The average molecular weight is 374 g/mol. The van der Waals surface area contributed by atoms with Gasteiger partial charge >= 0.3 is 6.18 Å². The van der Waals surface area contributed by atoms with Crippen LogP contribution in [0.4, 0.5) is 19.0 Å². The molecule has 0 aliphatic rings. The number of aryl methyl sites for hydroxylation is 1. The van der Waals surface area contributed by atoms with Gasteiger partial charge in [-0.3, -0.25) is 4.79 Å². The third-order valence-electron chi connectivity index (χ3n) is 3.16. The van der Waals surface area contributed by atoms with E-state index in [4.69, 9.17) is 4.52 Å². The highest BCUT2D eigenvalue weighted by Gasteiger charge is 2.33. The number of halogens is 3. The summed E-state index contributed by atoms with van der Waals surface area (Å²) in [5, 5.41) is 5.54. The van der Waals surface area contributed by atoms with Crippen LogP contribution in [0.15, 0.2) is 28.0 Å². The van der Waals surface area contributed by atoms with Crippen molar-refractivity contribution in [1.82, 2.24) is 15.1 Å². The zero-order chi connectivity index (χ0) is 18.4. The Labute approximate surface area is 146 Å². The summed E-state index contributed by atoms with van der Waals surface area (Å²) in [6, 6.07) is 2.35. The van der Waals surface area contributed by atoms with Gasteiger partial charge in [-0.2, -0.15) is 13.2 Å². The molecule has 1 amide bonds. The number of hydrogen-bond acceptors (Lipinski definition) is 6. The second-order valence-electron chi connectivity index (χ2n) is 5.28. The maximum absolute atomic E-state index is 12.8. The lowest BCUT2D eigenvalue weighted by molar-refractivity contribution is -0.141. The number of carbonyl (C=O) groups is 1. The summed E-state index contributed by atoms with van der Waals surface area (Å²) in [5.41, 5.74) is -1.04. The largest absolute Gasteiger partial charge is 0.433 e. The number of carbonyl (C=O) groups excluding carboxylic acids is 1. The van der Waals surface area contributed by atoms with Crippen LogP contribution in [0, 0.1) is 6.92 Å². The second-order valence-corrected chi connectivity index (χ2v) is 6.45. The first-order chi connectivity index (χ1) is 11.8. The van der Waals surface area contributed by atoms with Gasteiger partial charge in [-0.25, -0.2) is 9.97 Å². The van der Waals surface area contributed by atoms with E-state index in [0.717, 1.165) is 36.9 Å². The number of anilines is 1. The molecule has 0 aliphatic heterocycles. The van der Waals surface area contributed by atoms with Gasteiger partial charge in [-0.1, -0.05) is 36.7 Å². The van der Waals surface area contributed by atoms with Crippen LogP contribution in [-0.2, 0) is 11.0 Å². The number of alkyl halides is 3. The molecular weight excluding hydrogens is 357 g/mol. The van der Waals surface area contributed by atoms with Crippen LogP contribution in [0.1, 0.15) is 37.6 Å². The molecule has 1 unspecified atom stereocenters. The van der Waals surface area contributed by atoms with Crippen molar-refractivity contribution in [3.05, 3.63) is 29.8 Å². The lowest BCUT2D eigenvalue weighted by Gasteiger charge is -2.15. The fourth-order valence-corrected chi connectivity index (χ4v) is 2.93. The van der Waals surface area contributed by atoms with Gasteiger partial charge in [-0.15, -0.1) is 0 Å². The van der Waals surface area contributed by atoms with E-state index in [1.54, 1.807) is 13.0 Å². The first-order valence-corrected chi connectivity index (χ1v) is 8.48. The van der Waals surface area contributed by atoms with Gasteiger partial charge < -0.3 is 9.84 Å². The summed E-state index contributed by atoms with van der Waals surface area (Å²) < 4.78 is 43.2. The number of nitrogens with zero attached hydrogens (tertiary/aromatic N) is 3. The monoisotopic (exact) mass is 374 g/mol. The van der Waals surface area contributed by atoms with Gasteiger partial charge in [0.15, 0.2) is 11.0 Å². The molecule has 0 aliphatic carbocycles. The van der Waals surface area contributed by atoms with Gasteiger partial charge in [0.05, 0.1) is 5.25 Å². The number of unbranched alkanes of at least 4 members (excludes halogenated alkanes) is 1. The average Bonchev–Trinajstić information content (AvgIpc) is 2.95. The third-order valence-corrected chi connectivity index (χ3v) is 4.30. The third kappa shape index (κ3) is 5.73. The van der Waals surface area contributed by atoms with Gasteiger partial charge in [0, 0.05) is 12.3 Å². The minimum atomic E-state index is -4.56. The van der Waals surface area contributed by atoms with Crippen molar-refractivity contribution in [3.8, 4) is 0 Å². The molecule has 2 rings (SSSR count). The predicted molar refractivity (Wildman–Crippen MR) is 86.1 cm³/mol. The highest BCUT2D eigenvalue weighted by atomic mass is 32.2. The number of rotatable bonds is 7. The molecule has 1 atom stereocenters. The molecule has 6 nitrogen and oxygen atoms in total. The Morgan fingerprint density at radius 3 is 2.80 bits per heavy atom. The number of aromatic nitrogens is 3. The topological polar surface area (TPSA) is 80.9 Å². The Morgan fingerprint density at radius 2 is 2.20 bits per heavy atom. The van der Waals surface area contributed by atoms with E-state index in [9.17, 15) is 18.0 Å². The Hall–Kier alpha value is -2.10. The molecule has 1 N–H and O–H groups in total. The molecule has 0 fully saturated rings. The quantitative estimate of drug-likeness (QED) is 0.581. The van der Waals surface area contributed by atoms with E-state index in [1.165, 1.54) is 0 Å². The van der Waals surface area contributed by atoms with Crippen molar-refractivity contribution >= 4 is 23.5 Å². The van der Waals surface area contributed by atoms with Crippen molar-refractivity contribution in [1.29, 1.82) is 0 Å². The van der Waals surface area contributed by atoms with Gasteiger partial charge in [-0.05, 0) is 19.4 Å². The molecule has 0 saturated heterocycles. The van der Waals surface area contributed by atoms with Crippen molar-refractivity contribution in [2.45, 2.75) is 49.7 Å². The van der Waals surface area contributed by atoms with E-state index >= 15 is 0 Å². The molecule has 2 heterocycles. The van der Waals surface area contributed by atoms with Crippen molar-refractivity contribution < 1.29 is 22.5 Å². The Bertz CT molecular complexity index is 721. The Balaban J connectivity index is 2.12. The van der Waals surface area contributed by atoms with Gasteiger partial charge in [0.2, 0.25) is 5.91 Å². The normalized spacial score (nSPS) is 12.8. The summed E-state index contributed by atoms with van der Waals surface area (Å²) >= 11 is 0.900. The van der Waals surface area contributed by atoms with Crippen molar-refractivity contribution in [2.75, 3.05) is 5.32 Å². The molecule has 0 aromatic carbocycles. The molecule has 2 aromatic rings. The Morgan fingerprint density at radius 1 is 1.44 bits per heavy atom. The minimum Gasteiger partial charge on any atom is -0.360 e. The van der Waals surface area contributed by atoms with Crippen LogP contribution in [0.5, 0.6) is 0 Å². The van der Waals surface area contributed by atoms with E-state index < -0.39 is 17.1 Å². The summed E-state index contributed by atoms with van der Waals surface area (Å²) in [5.74, 6) is 0.414. The summed E-state index contributed by atoms with van der Waals surface area (Å²) in [6.07, 6.45) is -1.46. The fraction of sp³-hybridized carbons (Fsp3) is 0.467. The SMILES string of the molecule is CCCCC(Sc1nccc(C(F)(F)F)n1)C(=O)Nc1cc(C)on1. The molecule has 2 aromatic heterocycles. The first-order valence-electron chi connectivity index (χ1n) is 7.60. The first kappa shape index (κ1) is 19.2. The highest BCUT2D eigenvalue weighted by Crippen LogP contribution is 2.30. The lowest BCUT2D eigenvalue weighted by atomic mass is 10.2. The minimum absolute atomic E-state index is 0.0950. The fourth-order valence-electron chi connectivity index (χ4n) is 1.95. The van der Waals surface area contributed by atoms with Crippen LogP contribution in [0.3, 0.4) is 0 Å². The lowest BCUT2D eigenvalue weighted by Crippen LogP contribution is -2.25.